The molecule has 1 unspecified atom stereocenters. The Kier molecular flexibility index (Phi) is 5.82. The lowest BCUT2D eigenvalue weighted by Crippen LogP contribution is -2.45. The second-order valence-electron chi connectivity index (χ2n) is 6.25. The number of hydrogen-bond acceptors (Lipinski definition) is 4. The highest BCUT2D eigenvalue weighted by molar-refractivity contribution is 5.94. The molecule has 0 spiro atoms. The molecule has 0 bridgehead atoms. The Bertz CT molecular complexity index is 549. The van der Waals surface area contributed by atoms with Crippen LogP contribution in [-0.2, 0) is 14.3 Å². The summed E-state index contributed by atoms with van der Waals surface area (Å²) in [6.45, 7) is 3.47. The number of piperidine rings is 1. The molecule has 2 aliphatic rings. The van der Waals surface area contributed by atoms with Crippen molar-refractivity contribution >= 4 is 11.8 Å². The fraction of sp³-hybridized carbons (Fsp3) is 0.556. The summed E-state index contributed by atoms with van der Waals surface area (Å²) in [5.74, 6) is 0.0625. The van der Waals surface area contributed by atoms with Crippen LogP contribution in [0.5, 0.6) is 0 Å². The van der Waals surface area contributed by atoms with Gasteiger partial charge in [0.05, 0.1) is 25.9 Å². The van der Waals surface area contributed by atoms with Crippen LogP contribution in [0.25, 0.3) is 0 Å². The van der Waals surface area contributed by atoms with Gasteiger partial charge in [-0.1, -0.05) is 18.2 Å². The van der Waals surface area contributed by atoms with Gasteiger partial charge >= 0.3 is 0 Å². The predicted molar refractivity (Wildman–Crippen MR) is 88.6 cm³/mol. The maximum absolute atomic E-state index is 12.4. The topological polar surface area (TPSA) is 67.9 Å². The average molecular weight is 332 g/mol. The molecule has 1 aromatic rings. The van der Waals surface area contributed by atoms with E-state index >= 15 is 0 Å². The number of carbonyl (C=O) groups excluding carboxylic acids is 2. The minimum Gasteiger partial charge on any atom is -0.376 e. The Balaban J connectivity index is 1.42. The maximum Gasteiger partial charge on any atom is 0.253 e. The first-order valence-electron chi connectivity index (χ1n) is 8.55. The summed E-state index contributed by atoms with van der Waals surface area (Å²) in [4.78, 5) is 26.5. The number of ether oxygens (including phenoxy) is 2. The quantitative estimate of drug-likeness (QED) is 0.896. The van der Waals surface area contributed by atoms with Gasteiger partial charge in [0.25, 0.3) is 5.91 Å². The predicted octanol–water partition coefficient (Wildman–Crippen LogP) is 1.07. The number of likely N-dealkylation sites (tertiary alicyclic amines) is 1. The van der Waals surface area contributed by atoms with E-state index < -0.39 is 0 Å². The number of carbonyl (C=O) groups is 2. The second-order valence-corrected chi connectivity index (χ2v) is 6.25. The molecule has 1 N–H and O–H groups in total. The zero-order valence-corrected chi connectivity index (χ0v) is 13.8. The minimum atomic E-state index is -0.0533. The van der Waals surface area contributed by atoms with Gasteiger partial charge in [-0.3, -0.25) is 9.59 Å². The number of hydrogen-bond donors (Lipinski definition) is 1. The van der Waals surface area contributed by atoms with E-state index in [1.807, 2.05) is 35.2 Å². The van der Waals surface area contributed by atoms with Crippen LogP contribution in [0.1, 0.15) is 23.2 Å². The van der Waals surface area contributed by atoms with Gasteiger partial charge in [0.15, 0.2) is 0 Å². The number of rotatable bonds is 4. The number of benzene rings is 1. The van der Waals surface area contributed by atoms with Crippen molar-refractivity contribution in [2.75, 3.05) is 39.5 Å². The summed E-state index contributed by atoms with van der Waals surface area (Å²) >= 11 is 0. The average Bonchev–Trinajstić information content (AvgIpc) is 2.67. The van der Waals surface area contributed by atoms with Gasteiger partial charge in [-0.25, -0.2) is 0 Å². The third-order valence-corrected chi connectivity index (χ3v) is 4.56. The summed E-state index contributed by atoms with van der Waals surface area (Å²) in [6.07, 6.45) is 1.35. The van der Waals surface area contributed by atoms with Crippen molar-refractivity contribution in [3.8, 4) is 0 Å². The van der Waals surface area contributed by atoms with Crippen molar-refractivity contribution in [3.05, 3.63) is 35.9 Å². The van der Waals surface area contributed by atoms with Crippen LogP contribution in [-0.4, -0.2) is 62.3 Å². The van der Waals surface area contributed by atoms with Crippen LogP contribution < -0.4 is 5.32 Å². The van der Waals surface area contributed by atoms with Crippen LogP contribution in [0.4, 0.5) is 0 Å². The Morgan fingerprint density at radius 3 is 2.54 bits per heavy atom. The Labute approximate surface area is 142 Å². The number of nitrogens with one attached hydrogen (secondary N) is 1. The molecule has 2 aliphatic heterocycles. The summed E-state index contributed by atoms with van der Waals surface area (Å²) in [6, 6.07) is 9.28. The molecule has 3 rings (SSSR count). The molecule has 0 aliphatic carbocycles. The van der Waals surface area contributed by atoms with Crippen molar-refractivity contribution in [2.45, 2.75) is 18.9 Å². The maximum atomic E-state index is 12.4. The Morgan fingerprint density at radius 2 is 1.88 bits per heavy atom. The molecule has 0 aromatic heterocycles. The number of nitrogens with zero attached hydrogens (tertiary/aromatic N) is 1. The van der Waals surface area contributed by atoms with Gasteiger partial charge in [-0.15, -0.1) is 0 Å². The molecule has 130 valence electrons. The molecule has 6 heteroatoms. The van der Waals surface area contributed by atoms with Crippen molar-refractivity contribution in [2.24, 2.45) is 5.92 Å². The van der Waals surface area contributed by atoms with Crippen LogP contribution in [0, 0.1) is 5.92 Å². The van der Waals surface area contributed by atoms with E-state index in [4.69, 9.17) is 9.47 Å². The molecule has 6 nitrogen and oxygen atoms in total. The molecular weight excluding hydrogens is 308 g/mol. The standard InChI is InChI=1S/C18H24N2O4/c21-17(19-12-16-13-23-10-11-24-16)14-6-8-20(9-7-14)18(22)15-4-2-1-3-5-15/h1-5,14,16H,6-13H2,(H,19,21). The van der Waals surface area contributed by atoms with Crippen molar-refractivity contribution < 1.29 is 19.1 Å². The third kappa shape index (κ3) is 4.33. The first-order valence-corrected chi connectivity index (χ1v) is 8.55. The monoisotopic (exact) mass is 332 g/mol. The summed E-state index contributed by atoms with van der Waals surface area (Å²) in [5, 5.41) is 2.95. The van der Waals surface area contributed by atoms with Crippen LogP contribution in [0.15, 0.2) is 30.3 Å². The minimum absolute atomic E-state index is 0.0330. The first-order chi connectivity index (χ1) is 11.7. The molecule has 2 saturated heterocycles. The normalized spacial score (nSPS) is 22.2. The van der Waals surface area contributed by atoms with Gasteiger partial charge < -0.3 is 19.7 Å². The molecule has 2 amide bonds. The van der Waals surface area contributed by atoms with Crippen molar-refractivity contribution in [1.29, 1.82) is 0 Å². The van der Waals surface area contributed by atoms with Gasteiger partial charge in [0.2, 0.25) is 5.91 Å². The molecule has 0 radical (unpaired) electrons. The van der Waals surface area contributed by atoms with Gasteiger partial charge in [0, 0.05) is 31.1 Å². The zero-order valence-electron chi connectivity index (χ0n) is 13.8. The smallest absolute Gasteiger partial charge is 0.253 e. The highest BCUT2D eigenvalue weighted by Crippen LogP contribution is 2.19. The molecule has 2 fully saturated rings. The van der Waals surface area contributed by atoms with Gasteiger partial charge in [-0.05, 0) is 25.0 Å². The molecule has 2 heterocycles. The molecule has 1 aromatic carbocycles. The highest BCUT2D eigenvalue weighted by Gasteiger charge is 2.28. The third-order valence-electron chi connectivity index (χ3n) is 4.56. The molecule has 24 heavy (non-hydrogen) atoms. The van der Waals surface area contributed by atoms with E-state index in [2.05, 4.69) is 5.32 Å². The van der Waals surface area contributed by atoms with Crippen LogP contribution in [0.2, 0.25) is 0 Å². The van der Waals surface area contributed by atoms with E-state index in [0.29, 0.717) is 57.9 Å². The van der Waals surface area contributed by atoms with Crippen molar-refractivity contribution in [1.82, 2.24) is 10.2 Å². The first kappa shape index (κ1) is 16.9. The molecular formula is C18H24N2O4. The number of amides is 2. The summed E-state index contributed by atoms with van der Waals surface area (Å²) in [5.41, 5.74) is 0.704. The largest absolute Gasteiger partial charge is 0.376 e. The zero-order chi connectivity index (χ0) is 16.8. The summed E-state index contributed by atoms with van der Waals surface area (Å²) < 4.78 is 10.8. The van der Waals surface area contributed by atoms with E-state index in [1.165, 1.54) is 0 Å². The van der Waals surface area contributed by atoms with Crippen molar-refractivity contribution in [3.63, 3.8) is 0 Å². The van der Waals surface area contributed by atoms with Gasteiger partial charge in [0.1, 0.15) is 0 Å². The fourth-order valence-corrected chi connectivity index (χ4v) is 3.12. The van der Waals surface area contributed by atoms with E-state index in [-0.39, 0.29) is 23.8 Å². The lowest BCUT2D eigenvalue weighted by molar-refractivity contribution is -0.128. The Morgan fingerprint density at radius 1 is 1.12 bits per heavy atom. The van der Waals surface area contributed by atoms with Crippen LogP contribution >= 0.6 is 0 Å². The molecule has 0 saturated carbocycles. The molecule has 1 atom stereocenters. The SMILES string of the molecule is O=C(NCC1COCCO1)C1CCN(C(=O)c2ccccc2)CC1. The van der Waals surface area contributed by atoms with Crippen LogP contribution in [0.3, 0.4) is 0 Å². The highest BCUT2D eigenvalue weighted by atomic mass is 16.6. The summed E-state index contributed by atoms with van der Waals surface area (Å²) in [7, 11) is 0. The van der Waals surface area contributed by atoms with E-state index in [9.17, 15) is 9.59 Å². The second kappa shape index (κ2) is 8.26. The lowest BCUT2D eigenvalue weighted by Gasteiger charge is -2.32. The van der Waals surface area contributed by atoms with Gasteiger partial charge in [-0.2, -0.15) is 0 Å². The lowest BCUT2D eigenvalue weighted by atomic mass is 9.95. The Hall–Kier alpha value is -1.92. The fourth-order valence-electron chi connectivity index (χ4n) is 3.12. The van der Waals surface area contributed by atoms with E-state index in [0.717, 1.165) is 0 Å². The van der Waals surface area contributed by atoms with E-state index in [1.54, 1.807) is 0 Å².